The topological polar surface area (TPSA) is 76.2 Å². The van der Waals surface area contributed by atoms with Crippen LogP contribution in [-0.4, -0.2) is 67.0 Å². The van der Waals surface area contributed by atoms with Gasteiger partial charge in [-0.25, -0.2) is 0 Å². The molecule has 2 amide bonds. The molecule has 2 aliphatic rings. The van der Waals surface area contributed by atoms with E-state index in [-0.39, 0.29) is 24.3 Å². The number of piperidine rings is 2. The van der Waals surface area contributed by atoms with Crippen molar-refractivity contribution >= 4 is 17.8 Å². The highest BCUT2D eigenvalue weighted by atomic mass is 16.5. The molecular weight excluding hydrogens is 384 g/mol. The summed E-state index contributed by atoms with van der Waals surface area (Å²) < 4.78 is 11.2. The van der Waals surface area contributed by atoms with E-state index in [0.29, 0.717) is 52.1 Å². The smallest absolute Gasteiger partial charge is 0.314 e. The first kappa shape index (κ1) is 22.1. The lowest BCUT2D eigenvalue weighted by Crippen LogP contribution is -2.53. The second-order valence-corrected chi connectivity index (χ2v) is 8.10. The minimum Gasteiger partial charge on any atom is -0.494 e. The van der Waals surface area contributed by atoms with Crippen molar-refractivity contribution in [3.8, 4) is 5.75 Å². The molecule has 0 aliphatic carbocycles. The molecule has 2 aliphatic heterocycles. The Bertz CT molecular complexity index is 738. The molecule has 0 aromatic heterocycles. The second kappa shape index (κ2) is 10.5. The first-order valence-corrected chi connectivity index (χ1v) is 10.9. The predicted octanol–water partition coefficient (Wildman–Crippen LogP) is 2.64. The van der Waals surface area contributed by atoms with Crippen molar-refractivity contribution in [3.05, 3.63) is 30.3 Å². The predicted molar refractivity (Wildman–Crippen MR) is 112 cm³/mol. The van der Waals surface area contributed by atoms with Gasteiger partial charge in [0.25, 0.3) is 0 Å². The van der Waals surface area contributed by atoms with Gasteiger partial charge in [0, 0.05) is 26.1 Å². The fourth-order valence-corrected chi connectivity index (χ4v) is 4.27. The van der Waals surface area contributed by atoms with E-state index < -0.39 is 5.41 Å². The van der Waals surface area contributed by atoms with Crippen LogP contribution in [0.15, 0.2) is 30.3 Å². The van der Waals surface area contributed by atoms with E-state index in [4.69, 9.17) is 9.47 Å². The van der Waals surface area contributed by atoms with E-state index in [1.165, 1.54) is 0 Å². The highest BCUT2D eigenvalue weighted by Gasteiger charge is 2.44. The van der Waals surface area contributed by atoms with Crippen LogP contribution in [0, 0.1) is 5.41 Å². The van der Waals surface area contributed by atoms with Crippen LogP contribution in [-0.2, 0) is 19.1 Å². The Morgan fingerprint density at radius 2 is 1.90 bits per heavy atom. The maximum absolute atomic E-state index is 12.9. The van der Waals surface area contributed by atoms with Gasteiger partial charge in [0.15, 0.2) is 0 Å². The molecule has 1 unspecified atom stereocenters. The van der Waals surface area contributed by atoms with Crippen LogP contribution in [0.3, 0.4) is 0 Å². The first-order valence-electron chi connectivity index (χ1n) is 10.9. The number of likely N-dealkylation sites (tertiary alicyclic amines) is 2. The van der Waals surface area contributed by atoms with Crippen molar-refractivity contribution in [1.82, 2.24) is 9.80 Å². The van der Waals surface area contributed by atoms with Gasteiger partial charge in [-0.2, -0.15) is 0 Å². The highest BCUT2D eigenvalue weighted by molar-refractivity contribution is 5.86. The van der Waals surface area contributed by atoms with Gasteiger partial charge in [-0.05, 0) is 51.2 Å². The SMILES string of the molecule is CCOC(=O)C1(CCOc2ccccc2)CCCN(C(=O)CN2CCCCC2=O)C1. The lowest BCUT2D eigenvalue weighted by Gasteiger charge is -2.41. The monoisotopic (exact) mass is 416 g/mol. The lowest BCUT2D eigenvalue weighted by molar-refractivity contribution is -0.162. The molecule has 0 saturated carbocycles. The summed E-state index contributed by atoms with van der Waals surface area (Å²) in [6, 6.07) is 9.48. The van der Waals surface area contributed by atoms with Crippen LogP contribution in [0.5, 0.6) is 5.75 Å². The number of hydrogen-bond acceptors (Lipinski definition) is 5. The van der Waals surface area contributed by atoms with Gasteiger partial charge in [-0.3, -0.25) is 14.4 Å². The van der Waals surface area contributed by atoms with E-state index in [2.05, 4.69) is 0 Å². The number of nitrogens with zero attached hydrogens (tertiary/aromatic N) is 2. The zero-order chi connectivity index (χ0) is 21.4. The van der Waals surface area contributed by atoms with Gasteiger partial charge in [0.1, 0.15) is 5.75 Å². The molecule has 1 aromatic carbocycles. The number of carbonyl (C=O) groups is 3. The fourth-order valence-electron chi connectivity index (χ4n) is 4.27. The van der Waals surface area contributed by atoms with E-state index in [1.54, 1.807) is 16.7 Å². The summed E-state index contributed by atoms with van der Waals surface area (Å²) in [7, 11) is 0. The molecule has 7 heteroatoms. The van der Waals surface area contributed by atoms with Crippen molar-refractivity contribution in [1.29, 1.82) is 0 Å². The summed E-state index contributed by atoms with van der Waals surface area (Å²) in [6.45, 7) is 4.10. The number of rotatable bonds is 8. The average molecular weight is 417 g/mol. The van der Waals surface area contributed by atoms with Crippen LogP contribution >= 0.6 is 0 Å². The van der Waals surface area contributed by atoms with Crippen molar-refractivity contribution in [2.75, 3.05) is 39.4 Å². The summed E-state index contributed by atoms with van der Waals surface area (Å²) in [6.07, 6.45) is 4.20. The molecule has 2 saturated heterocycles. The molecule has 1 atom stereocenters. The largest absolute Gasteiger partial charge is 0.494 e. The Labute approximate surface area is 178 Å². The molecule has 0 radical (unpaired) electrons. The first-order chi connectivity index (χ1) is 14.5. The number of hydrogen-bond donors (Lipinski definition) is 0. The molecule has 2 fully saturated rings. The van der Waals surface area contributed by atoms with Gasteiger partial charge in [-0.1, -0.05) is 18.2 Å². The number of benzene rings is 1. The maximum Gasteiger partial charge on any atom is 0.314 e. The second-order valence-electron chi connectivity index (χ2n) is 8.10. The van der Waals surface area contributed by atoms with Gasteiger partial charge in [0.2, 0.25) is 11.8 Å². The third-order valence-corrected chi connectivity index (χ3v) is 5.98. The van der Waals surface area contributed by atoms with Gasteiger partial charge in [-0.15, -0.1) is 0 Å². The third kappa shape index (κ3) is 5.52. The van der Waals surface area contributed by atoms with E-state index >= 15 is 0 Å². The zero-order valence-corrected chi connectivity index (χ0v) is 17.8. The van der Waals surface area contributed by atoms with Crippen molar-refractivity contribution in [2.24, 2.45) is 5.41 Å². The Morgan fingerprint density at radius 3 is 2.63 bits per heavy atom. The summed E-state index contributed by atoms with van der Waals surface area (Å²) in [5.41, 5.74) is -0.773. The molecule has 7 nitrogen and oxygen atoms in total. The number of para-hydroxylation sites is 1. The third-order valence-electron chi connectivity index (χ3n) is 5.98. The number of carbonyl (C=O) groups excluding carboxylic acids is 3. The van der Waals surface area contributed by atoms with E-state index in [9.17, 15) is 14.4 Å². The van der Waals surface area contributed by atoms with E-state index in [1.807, 2.05) is 30.3 Å². The van der Waals surface area contributed by atoms with Crippen molar-refractivity contribution in [3.63, 3.8) is 0 Å². The summed E-state index contributed by atoms with van der Waals surface area (Å²) >= 11 is 0. The quantitative estimate of drug-likeness (QED) is 0.609. The average Bonchev–Trinajstić information content (AvgIpc) is 2.76. The Hall–Kier alpha value is -2.57. The van der Waals surface area contributed by atoms with Crippen LogP contribution in [0.4, 0.5) is 0 Å². The summed E-state index contributed by atoms with van der Waals surface area (Å²) in [4.78, 5) is 41.3. The minimum absolute atomic E-state index is 0.0412. The van der Waals surface area contributed by atoms with Crippen LogP contribution in [0.2, 0.25) is 0 Å². The Morgan fingerprint density at radius 1 is 1.10 bits per heavy atom. The molecule has 1 aromatic rings. The number of amides is 2. The normalized spacial score (nSPS) is 22.0. The fraction of sp³-hybridized carbons (Fsp3) is 0.609. The number of esters is 1. The van der Waals surface area contributed by atoms with Crippen LogP contribution in [0.25, 0.3) is 0 Å². The standard InChI is InChI=1S/C23H32N2O5/c1-2-29-22(28)23(13-16-30-19-9-4-3-5-10-19)12-8-15-25(18-23)21(27)17-24-14-7-6-11-20(24)26/h3-5,9-10H,2,6-8,11-18H2,1H3. The van der Waals surface area contributed by atoms with E-state index in [0.717, 1.165) is 25.0 Å². The van der Waals surface area contributed by atoms with Crippen molar-refractivity contribution in [2.45, 2.75) is 45.4 Å². The molecule has 0 N–H and O–H groups in total. The maximum atomic E-state index is 12.9. The molecule has 2 heterocycles. The number of ether oxygens (including phenoxy) is 2. The molecule has 30 heavy (non-hydrogen) atoms. The summed E-state index contributed by atoms with van der Waals surface area (Å²) in [5.74, 6) is 0.430. The van der Waals surface area contributed by atoms with Gasteiger partial charge in [0.05, 0.1) is 25.2 Å². The highest BCUT2D eigenvalue weighted by Crippen LogP contribution is 2.35. The van der Waals surface area contributed by atoms with Gasteiger partial charge >= 0.3 is 5.97 Å². The minimum atomic E-state index is -0.773. The van der Waals surface area contributed by atoms with Crippen LogP contribution < -0.4 is 4.74 Å². The zero-order valence-electron chi connectivity index (χ0n) is 17.8. The lowest BCUT2D eigenvalue weighted by atomic mass is 9.77. The van der Waals surface area contributed by atoms with Crippen LogP contribution in [0.1, 0.15) is 45.4 Å². The molecular formula is C23H32N2O5. The molecule has 0 bridgehead atoms. The Balaban J connectivity index is 1.64. The summed E-state index contributed by atoms with van der Waals surface area (Å²) in [5, 5.41) is 0. The van der Waals surface area contributed by atoms with Crippen molar-refractivity contribution < 1.29 is 23.9 Å². The molecule has 164 valence electrons. The molecule has 3 rings (SSSR count). The Kier molecular flexibility index (Phi) is 7.71. The molecule has 0 spiro atoms. The van der Waals surface area contributed by atoms with Gasteiger partial charge < -0.3 is 19.3 Å².